The third-order valence-electron chi connectivity index (χ3n) is 3.32. The maximum Gasteiger partial charge on any atom is 0.241 e. The molecule has 1 N–H and O–H groups in total. The number of carboxylic acids is 1. The maximum atomic E-state index is 12.4. The number of aliphatic carboxylic acids is 1. The van der Waals surface area contributed by atoms with Crippen LogP contribution in [0.25, 0.3) is 0 Å². The average molecular weight is 348 g/mol. The fraction of sp³-hybridized carbons (Fsp3) is 0.235. The van der Waals surface area contributed by atoms with E-state index in [1.807, 2.05) is 6.92 Å². The number of benzene rings is 2. The SMILES string of the molecule is CCOc1ccc([C@@H](CC(=O)[O-])NS(=O)(=O)c2ccccc2)cc1. The van der Waals surface area contributed by atoms with E-state index in [1.165, 1.54) is 12.1 Å². The molecule has 0 aromatic heterocycles. The van der Waals surface area contributed by atoms with Crippen LogP contribution in [0.5, 0.6) is 5.75 Å². The summed E-state index contributed by atoms with van der Waals surface area (Å²) in [6.07, 6.45) is -0.472. The normalized spacial score (nSPS) is 12.5. The highest BCUT2D eigenvalue weighted by atomic mass is 32.2. The Hall–Kier alpha value is -2.38. The topological polar surface area (TPSA) is 95.5 Å². The molecule has 0 saturated carbocycles. The second-order valence-electron chi connectivity index (χ2n) is 5.07. The van der Waals surface area contributed by atoms with Gasteiger partial charge in [0, 0.05) is 12.4 Å². The van der Waals surface area contributed by atoms with Gasteiger partial charge < -0.3 is 14.6 Å². The standard InChI is InChI=1S/C17H19NO5S/c1-2-23-14-10-8-13(9-11-14)16(12-17(19)20)18-24(21,22)15-6-4-3-5-7-15/h3-11,16,18H,2,12H2,1H3,(H,19,20)/p-1/t16-/m1/s1. The van der Waals surface area contributed by atoms with Crippen molar-refractivity contribution in [2.45, 2.75) is 24.3 Å². The van der Waals surface area contributed by atoms with Gasteiger partial charge in [-0.3, -0.25) is 0 Å². The molecule has 2 rings (SSSR count). The lowest BCUT2D eigenvalue weighted by Crippen LogP contribution is -2.34. The lowest BCUT2D eigenvalue weighted by molar-refractivity contribution is -0.306. The van der Waals surface area contributed by atoms with Crippen LogP contribution in [0.15, 0.2) is 59.5 Å². The fourth-order valence-corrected chi connectivity index (χ4v) is 3.46. The molecule has 7 heteroatoms. The van der Waals surface area contributed by atoms with Gasteiger partial charge in [-0.25, -0.2) is 13.1 Å². The van der Waals surface area contributed by atoms with Crippen LogP contribution in [0.4, 0.5) is 0 Å². The molecule has 0 aliphatic rings. The maximum absolute atomic E-state index is 12.4. The Bertz CT molecular complexity index is 772. The monoisotopic (exact) mass is 348 g/mol. The van der Waals surface area contributed by atoms with Gasteiger partial charge in [-0.1, -0.05) is 30.3 Å². The van der Waals surface area contributed by atoms with Gasteiger partial charge in [0.1, 0.15) is 5.75 Å². The molecule has 0 saturated heterocycles. The minimum atomic E-state index is -3.85. The molecule has 0 unspecified atom stereocenters. The van der Waals surface area contributed by atoms with Gasteiger partial charge in [-0.2, -0.15) is 0 Å². The van der Waals surface area contributed by atoms with E-state index in [0.717, 1.165) is 0 Å². The highest BCUT2D eigenvalue weighted by Crippen LogP contribution is 2.22. The van der Waals surface area contributed by atoms with Crippen molar-refractivity contribution in [2.24, 2.45) is 0 Å². The number of carbonyl (C=O) groups excluding carboxylic acids is 1. The van der Waals surface area contributed by atoms with E-state index >= 15 is 0 Å². The second-order valence-corrected chi connectivity index (χ2v) is 6.78. The molecule has 1 atom stereocenters. The van der Waals surface area contributed by atoms with E-state index in [2.05, 4.69) is 4.72 Å². The Morgan fingerprint density at radius 1 is 1.12 bits per heavy atom. The van der Waals surface area contributed by atoms with E-state index in [9.17, 15) is 18.3 Å². The molecule has 2 aromatic rings. The van der Waals surface area contributed by atoms with Gasteiger partial charge in [0.05, 0.1) is 17.5 Å². The highest BCUT2D eigenvalue weighted by molar-refractivity contribution is 7.89. The molecule has 0 amide bonds. The van der Waals surface area contributed by atoms with Crippen LogP contribution < -0.4 is 14.6 Å². The number of carboxylic acid groups (broad SMARTS) is 1. The van der Waals surface area contributed by atoms with Crippen LogP contribution in [0.3, 0.4) is 0 Å². The van der Waals surface area contributed by atoms with E-state index in [-0.39, 0.29) is 4.90 Å². The van der Waals surface area contributed by atoms with Crippen molar-refractivity contribution in [2.75, 3.05) is 6.61 Å². The number of hydrogen-bond donors (Lipinski definition) is 1. The molecule has 0 heterocycles. The first-order valence-corrected chi connectivity index (χ1v) is 8.90. The van der Waals surface area contributed by atoms with Gasteiger partial charge >= 0.3 is 0 Å². The molecule has 0 radical (unpaired) electrons. The first-order valence-electron chi connectivity index (χ1n) is 7.42. The number of ether oxygens (including phenoxy) is 1. The third-order valence-corrected chi connectivity index (χ3v) is 4.80. The van der Waals surface area contributed by atoms with Crippen LogP contribution in [-0.2, 0) is 14.8 Å². The lowest BCUT2D eigenvalue weighted by atomic mass is 10.0. The minimum absolute atomic E-state index is 0.0688. The Morgan fingerprint density at radius 2 is 1.75 bits per heavy atom. The molecule has 2 aromatic carbocycles. The molecule has 0 spiro atoms. The number of carbonyl (C=O) groups is 1. The van der Waals surface area contributed by atoms with E-state index in [0.29, 0.717) is 17.9 Å². The Kier molecular flexibility index (Phi) is 5.94. The van der Waals surface area contributed by atoms with E-state index in [1.54, 1.807) is 42.5 Å². The largest absolute Gasteiger partial charge is 0.550 e. The predicted octanol–water partition coefficient (Wildman–Crippen LogP) is 1.24. The van der Waals surface area contributed by atoms with Gasteiger partial charge in [-0.15, -0.1) is 0 Å². The highest BCUT2D eigenvalue weighted by Gasteiger charge is 2.21. The van der Waals surface area contributed by atoms with Crippen molar-refractivity contribution in [3.05, 3.63) is 60.2 Å². The number of sulfonamides is 1. The Balaban J connectivity index is 2.27. The quantitative estimate of drug-likeness (QED) is 0.774. The van der Waals surface area contributed by atoms with Crippen LogP contribution in [0.2, 0.25) is 0 Å². The zero-order valence-electron chi connectivity index (χ0n) is 13.1. The summed E-state index contributed by atoms with van der Waals surface area (Å²) in [6, 6.07) is 13.4. The molecule has 0 fully saturated rings. The van der Waals surface area contributed by atoms with Crippen molar-refractivity contribution >= 4 is 16.0 Å². The van der Waals surface area contributed by atoms with Crippen molar-refractivity contribution in [3.63, 3.8) is 0 Å². The third kappa shape index (κ3) is 4.81. The van der Waals surface area contributed by atoms with Gasteiger partial charge in [0.15, 0.2) is 0 Å². The molecular weight excluding hydrogens is 330 g/mol. The van der Waals surface area contributed by atoms with Crippen LogP contribution >= 0.6 is 0 Å². The Morgan fingerprint density at radius 3 is 2.29 bits per heavy atom. The smallest absolute Gasteiger partial charge is 0.241 e. The van der Waals surface area contributed by atoms with Gasteiger partial charge in [0.2, 0.25) is 10.0 Å². The molecule has 0 bridgehead atoms. The molecular formula is C17H18NO5S-. The van der Waals surface area contributed by atoms with Crippen LogP contribution in [-0.4, -0.2) is 21.0 Å². The predicted molar refractivity (Wildman–Crippen MR) is 86.7 cm³/mol. The van der Waals surface area contributed by atoms with E-state index < -0.39 is 28.5 Å². The summed E-state index contributed by atoms with van der Waals surface area (Å²) in [5.74, 6) is -0.719. The van der Waals surface area contributed by atoms with Gasteiger partial charge in [0.25, 0.3) is 0 Å². The second kappa shape index (κ2) is 7.94. The zero-order chi connectivity index (χ0) is 17.6. The number of hydrogen-bond acceptors (Lipinski definition) is 5. The molecule has 0 aliphatic heterocycles. The first kappa shape index (κ1) is 18.0. The summed E-state index contributed by atoms with van der Waals surface area (Å²) in [5.41, 5.74) is 0.516. The van der Waals surface area contributed by atoms with E-state index in [4.69, 9.17) is 4.74 Å². The lowest BCUT2D eigenvalue weighted by Gasteiger charge is -2.20. The molecule has 128 valence electrons. The number of nitrogens with one attached hydrogen (secondary N) is 1. The van der Waals surface area contributed by atoms with Crippen molar-refractivity contribution in [3.8, 4) is 5.75 Å². The summed E-state index contributed by atoms with van der Waals surface area (Å²) in [7, 11) is -3.85. The Labute approximate surface area is 141 Å². The molecule has 0 aliphatic carbocycles. The van der Waals surface area contributed by atoms with Gasteiger partial charge in [-0.05, 0) is 36.8 Å². The zero-order valence-corrected chi connectivity index (χ0v) is 14.0. The van der Waals surface area contributed by atoms with Crippen molar-refractivity contribution in [1.29, 1.82) is 0 Å². The first-order chi connectivity index (χ1) is 11.4. The van der Waals surface area contributed by atoms with Crippen molar-refractivity contribution < 1.29 is 23.1 Å². The summed E-state index contributed by atoms with van der Waals surface area (Å²) in [5, 5.41) is 11.0. The average Bonchev–Trinajstić information content (AvgIpc) is 2.55. The molecule has 6 nitrogen and oxygen atoms in total. The van der Waals surface area contributed by atoms with Crippen LogP contribution in [0, 0.1) is 0 Å². The van der Waals surface area contributed by atoms with Crippen LogP contribution in [0.1, 0.15) is 24.9 Å². The summed E-state index contributed by atoms with van der Waals surface area (Å²) in [6.45, 7) is 2.35. The van der Waals surface area contributed by atoms with Crippen molar-refractivity contribution in [1.82, 2.24) is 4.72 Å². The summed E-state index contributed by atoms with van der Waals surface area (Å²) < 4.78 is 32.6. The minimum Gasteiger partial charge on any atom is -0.550 e. The summed E-state index contributed by atoms with van der Waals surface area (Å²) >= 11 is 0. The number of rotatable bonds is 8. The fourth-order valence-electron chi connectivity index (χ4n) is 2.21. The summed E-state index contributed by atoms with van der Waals surface area (Å²) in [4.78, 5) is 11.1. The molecule has 24 heavy (non-hydrogen) atoms.